The maximum atomic E-state index is 9.69. The van der Waals surface area contributed by atoms with Crippen LogP contribution < -0.4 is 0 Å². The zero-order valence-corrected chi connectivity index (χ0v) is 12.8. The molecule has 0 bridgehead atoms. The molecule has 2 fully saturated rings. The Morgan fingerprint density at radius 1 is 1.05 bits per heavy atom. The summed E-state index contributed by atoms with van der Waals surface area (Å²) in [5.41, 5.74) is -0.227. The van der Waals surface area contributed by atoms with E-state index in [1.165, 1.54) is 0 Å². The fourth-order valence-electron chi connectivity index (χ4n) is 2.96. The summed E-state index contributed by atoms with van der Waals surface area (Å²) in [5, 5.41) is 19.4. The Bertz CT molecular complexity index is 499. The molecule has 22 heavy (non-hydrogen) atoms. The van der Waals surface area contributed by atoms with Gasteiger partial charge in [0.1, 0.15) is 17.8 Å². The summed E-state index contributed by atoms with van der Waals surface area (Å²) in [5.74, 6) is -0.777. The summed E-state index contributed by atoms with van der Waals surface area (Å²) in [7, 11) is 0. The molecule has 1 unspecified atom stereocenters. The van der Waals surface area contributed by atoms with Gasteiger partial charge in [0.05, 0.1) is 19.8 Å². The standard InChI is InChI=1S/C16H22O6/c1-15(2)20-12-13(19-8-11-6-4-3-5-7-11)16(9-17,10-18)22-14(12)21-15/h3-7,12-14,17-18H,8-10H2,1-2H3/t12?,13-,14+/m1/s1. The van der Waals surface area contributed by atoms with Crippen LogP contribution in [0.2, 0.25) is 0 Å². The second kappa shape index (κ2) is 5.88. The van der Waals surface area contributed by atoms with Crippen molar-refractivity contribution >= 4 is 0 Å². The van der Waals surface area contributed by atoms with Crippen LogP contribution in [0.3, 0.4) is 0 Å². The van der Waals surface area contributed by atoms with Crippen molar-refractivity contribution in [2.45, 2.75) is 50.3 Å². The van der Waals surface area contributed by atoms with E-state index in [1.807, 2.05) is 30.3 Å². The van der Waals surface area contributed by atoms with E-state index in [-0.39, 0.29) is 13.2 Å². The van der Waals surface area contributed by atoms with Gasteiger partial charge in [0.25, 0.3) is 0 Å². The van der Waals surface area contributed by atoms with Crippen LogP contribution in [0, 0.1) is 0 Å². The smallest absolute Gasteiger partial charge is 0.190 e. The number of hydrogen-bond acceptors (Lipinski definition) is 6. The minimum Gasteiger partial charge on any atom is -0.393 e. The van der Waals surface area contributed by atoms with E-state index in [0.717, 1.165) is 5.56 Å². The number of aliphatic hydroxyl groups is 2. The van der Waals surface area contributed by atoms with Crippen LogP contribution in [0.25, 0.3) is 0 Å². The minimum absolute atomic E-state index is 0.337. The predicted octanol–water partition coefficient (Wildman–Crippen LogP) is 0.803. The molecule has 122 valence electrons. The highest BCUT2D eigenvalue weighted by atomic mass is 16.8. The molecule has 0 spiro atoms. The molecule has 0 aromatic heterocycles. The lowest BCUT2D eigenvalue weighted by atomic mass is 9.97. The van der Waals surface area contributed by atoms with Gasteiger partial charge in [-0.2, -0.15) is 0 Å². The van der Waals surface area contributed by atoms with Crippen molar-refractivity contribution in [3.63, 3.8) is 0 Å². The Hall–Kier alpha value is -1.02. The van der Waals surface area contributed by atoms with E-state index in [2.05, 4.69) is 0 Å². The molecular weight excluding hydrogens is 288 g/mol. The van der Waals surface area contributed by atoms with E-state index < -0.39 is 29.9 Å². The topological polar surface area (TPSA) is 77.4 Å². The van der Waals surface area contributed by atoms with Crippen molar-refractivity contribution in [3.8, 4) is 0 Å². The third-order valence-corrected chi connectivity index (χ3v) is 4.06. The van der Waals surface area contributed by atoms with Gasteiger partial charge in [0, 0.05) is 0 Å². The number of benzene rings is 1. The van der Waals surface area contributed by atoms with Gasteiger partial charge in [0.2, 0.25) is 0 Å². The van der Waals surface area contributed by atoms with Crippen molar-refractivity contribution in [1.82, 2.24) is 0 Å². The molecule has 1 aromatic rings. The third kappa shape index (κ3) is 2.78. The van der Waals surface area contributed by atoms with Crippen LogP contribution in [0.1, 0.15) is 19.4 Å². The summed E-state index contributed by atoms with van der Waals surface area (Å²) in [6.07, 6.45) is -1.76. The van der Waals surface area contributed by atoms with Crippen LogP contribution >= 0.6 is 0 Å². The number of rotatable bonds is 5. The molecule has 3 rings (SSSR count). The van der Waals surface area contributed by atoms with E-state index >= 15 is 0 Å². The molecule has 0 saturated carbocycles. The largest absolute Gasteiger partial charge is 0.393 e. The highest BCUT2D eigenvalue weighted by molar-refractivity contribution is 5.14. The van der Waals surface area contributed by atoms with Gasteiger partial charge in [-0.1, -0.05) is 30.3 Å². The number of fused-ring (bicyclic) bond motifs is 1. The lowest BCUT2D eigenvalue weighted by Gasteiger charge is -2.33. The molecular formula is C16H22O6. The van der Waals surface area contributed by atoms with Gasteiger partial charge in [-0.3, -0.25) is 0 Å². The van der Waals surface area contributed by atoms with Crippen molar-refractivity contribution in [2.75, 3.05) is 13.2 Å². The Labute approximate surface area is 129 Å². The molecule has 2 aliphatic rings. The maximum absolute atomic E-state index is 9.69. The molecule has 2 N–H and O–H groups in total. The Kier molecular flexibility index (Phi) is 4.24. The van der Waals surface area contributed by atoms with Crippen LogP contribution in [0.4, 0.5) is 0 Å². The minimum atomic E-state index is -1.22. The second-order valence-electron chi connectivity index (χ2n) is 6.18. The van der Waals surface area contributed by atoms with Crippen LogP contribution in [-0.2, 0) is 25.6 Å². The fourth-order valence-corrected chi connectivity index (χ4v) is 2.96. The monoisotopic (exact) mass is 310 g/mol. The summed E-state index contributed by atoms with van der Waals surface area (Å²) in [4.78, 5) is 0. The van der Waals surface area contributed by atoms with Crippen molar-refractivity contribution < 1.29 is 29.2 Å². The molecule has 0 aliphatic carbocycles. The second-order valence-corrected chi connectivity index (χ2v) is 6.18. The van der Waals surface area contributed by atoms with E-state index in [1.54, 1.807) is 13.8 Å². The van der Waals surface area contributed by atoms with E-state index in [4.69, 9.17) is 18.9 Å². The van der Waals surface area contributed by atoms with Gasteiger partial charge >= 0.3 is 0 Å². The van der Waals surface area contributed by atoms with E-state index in [9.17, 15) is 10.2 Å². The van der Waals surface area contributed by atoms with E-state index in [0.29, 0.717) is 6.61 Å². The summed E-state index contributed by atoms with van der Waals surface area (Å²) in [6.45, 7) is 3.18. The lowest BCUT2D eigenvalue weighted by molar-refractivity contribution is -0.258. The number of hydrogen-bond donors (Lipinski definition) is 2. The molecule has 0 radical (unpaired) electrons. The molecule has 2 heterocycles. The van der Waals surface area contributed by atoms with Crippen LogP contribution in [0.15, 0.2) is 30.3 Å². The quantitative estimate of drug-likeness (QED) is 0.838. The van der Waals surface area contributed by atoms with Crippen LogP contribution in [0.5, 0.6) is 0 Å². The van der Waals surface area contributed by atoms with Gasteiger partial charge < -0.3 is 29.2 Å². The molecule has 2 aliphatic heterocycles. The molecule has 2 saturated heterocycles. The first kappa shape index (κ1) is 15.9. The Balaban J connectivity index is 1.77. The SMILES string of the molecule is CC1(C)OC2[C@@H](O1)OC(CO)(CO)[C@@H]2OCc1ccccc1. The normalized spacial score (nSPS) is 32.1. The first-order valence-corrected chi connectivity index (χ1v) is 7.40. The zero-order valence-electron chi connectivity index (χ0n) is 12.8. The van der Waals surface area contributed by atoms with Gasteiger partial charge in [-0.05, 0) is 19.4 Å². The predicted molar refractivity (Wildman–Crippen MR) is 76.8 cm³/mol. The van der Waals surface area contributed by atoms with Gasteiger partial charge in [-0.25, -0.2) is 0 Å². The summed E-state index contributed by atoms with van der Waals surface area (Å²) >= 11 is 0. The van der Waals surface area contributed by atoms with Crippen molar-refractivity contribution in [2.24, 2.45) is 0 Å². The average molecular weight is 310 g/mol. The molecule has 6 heteroatoms. The lowest BCUT2D eigenvalue weighted by Crippen LogP contribution is -2.52. The maximum Gasteiger partial charge on any atom is 0.190 e. The molecule has 1 aromatic carbocycles. The zero-order chi connectivity index (χ0) is 15.8. The Morgan fingerprint density at radius 2 is 1.73 bits per heavy atom. The van der Waals surface area contributed by atoms with Crippen molar-refractivity contribution in [1.29, 1.82) is 0 Å². The average Bonchev–Trinajstić information content (AvgIpc) is 2.95. The highest BCUT2D eigenvalue weighted by Gasteiger charge is 2.62. The highest BCUT2D eigenvalue weighted by Crippen LogP contribution is 2.43. The third-order valence-electron chi connectivity index (χ3n) is 4.06. The van der Waals surface area contributed by atoms with Gasteiger partial charge in [0.15, 0.2) is 12.1 Å². The number of ether oxygens (including phenoxy) is 4. The molecule has 6 nitrogen and oxygen atoms in total. The number of aliphatic hydroxyl groups excluding tert-OH is 2. The van der Waals surface area contributed by atoms with Crippen molar-refractivity contribution in [3.05, 3.63) is 35.9 Å². The van der Waals surface area contributed by atoms with Crippen LogP contribution in [-0.4, -0.2) is 53.3 Å². The summed E-state index contributed by atoms with van der Waals surface area (Å²) < 4.78 is 23.2. The molecule has 0 amide bonds. The fraction of sp³-hybridized carbons (Fsp3) is 0.625. The molecule has 3 atom stereocenters. The first-order valence-electron chi connectivity index (χ1n) is 7.40. The summed E-state index contributed by atoms with van der Waals surface area (Å²) in [6, 6.07) is 9.68. The Morgan fingerprint density at radius 3 is 2.36 bits per heavy atom. The van der Waals surface area contributed by atoms with Gasteiger partial charge in [-0.15, -0.1) is 0 Å². The first-order chi connectivity index (χ1) is 10.5.